The molecule has 0 radical (unpaired) electrons. The predicted molar refractivity (Wildman–Crippen MR) is 83.4 cm³/mol. The number of nitrogens with one attached hydrogen (secondary N) is 2. The van der Waals surface area contributed by atoms with Crippen molar-refractivity contribution >= 4 is 37.3 Å². The molecule has 1 aromatic heterocycles. The van der Waals surface area contributed by atoms with Gasteiger partial charge in [0.2, 0.25) is 5.43 Å². The number of pyridine rings is 1. The average molecular weight is 388 g/mol. The summed E-state index contributed by atoms with van der Waals surface area (Å²) in [6.45, 7) is 1.50. The molecule has 0 unspecified atom stereocenters. The molecule has 1 aromatic carbocycles. The van der Waals surface area contributed by atoms with Crippen molar-refractivity contribution in [3.63, 3.8) is 0 Å². The molecular weight excluding hydrogens is 378 g/mol. The molecule has 0 saturated carbocycles. The maximum absolute atomic E-state index is 12.2. The Labute approximate surface area is 133 Å². The minimum Gasteiger partial charge on any atom is -0.365 e. The topological polar surface area (TPSA) is 122 Å². The van der Waals surface area contributed by atoms with E-state index in [1.165, 1.54) is 31.5 Å². The normalized spacial score (nSPS) is 11.2. The van der Waals surface area contributed by atoms with Gasteiger partial charge in [0.05, 0.1) is 14.3 Å². The fourth-order valence-electron chi connectivity index (χ4n) is 1.69. The van der Waals surface area contributed by atoms with E-state index in [9.17, 15) is 23.3 Å². The fraction of sp³-hybridized carbons (Fsp3) is 0.0833. The molecule has 0 aliphatic heterocycles. The molecule has 10 heteroatoms. The van der Waals surface area contributed by atoms with Gasteiger partial charge in [0, 0.05) is 24.0 Å². The second-order valence-electron chi connectivity index (χ2n) is 4.36. The van der Waals surface area contributed by atoms with Crippen molar-refractivity contribution in [2.45, 2.75) is 11.8 Å². The molecule has 2 N–H and O–H groups in total. The average Bonchev–Trinajstić information content (AvgIpc) is 2.43. The SMILES string of the molecule is Cc1ccc(S(=O)(=O)Nc2c[nH]cc(Br)c2=O)cc1[N+](=O)[O-]. The first-order valence-corrected chi connectivity index (χ1v) is 8.14. The van der Waals surface area contributed by atoms with Gasteiger partial charge in [0.25, 0.3) is 15.7 Å². The first-order valence-electron chi connectivity index (χ1n) is 5.87. The number of nitro groups is 1. The summed E-state index contributed by atoms with van der Waals surface area (Å²) >= 11 is 2.98. The number of aromatic nitrogens is 1. The lowest BCUT2D eigenvalue weighted by Gasteiger charge is -2.08. The lowest BCUT2D eigenvalue weighted by atomic mass is 10.2. The van der Waals surface area contributed by atoms with Gasteiger partial charge >= 0.3 is 0 Å². The molecule has 0 saturated heterocycles. The van der Waals surface area contributed by atoms with Crippen LogP contribution in [0.25, 0.3) is 0 Å². The number of nitro benzene ring substituents is 1. The largest absolute Gasteiger partial charge is 0.365 e. The minimum absolute atomic E-state index is 0.155. The molecule has 0 aliphatic rings. The van der Waals surface area contributed by atoms with Gasteiger partial charge in [-0.15, -0.1) is 0 Å². The summed E-state index contributed by atoms with van der Waals surface area (Å²) in [5.74, 6) is 0. The van der Waals surface area contributed by atoms with E-state index in [4.69, 9.17) is 0 Å². The van der Waals surface area contributed by atoms with Crippen LogP contribution in [0.4, 0.5) is 11.4 Å². The van der Waals surface area contributed by atoms with Crippen LogP contribution in [0.2, 0.25) is 0 Å². The molecule has 0 aliphatic carbocycles. The van der Waals surface area contributed by atoms with Crippen molar-refractivity contribution in [2.24, 2.45) is 0 Å². The molecule has 2 aromatic rings. The van der Waals surface area contributed by atoms with Gasteiger partial charge in [0.1, 0.15) is 5.69 Å². The van der Waals surface area contributed by atoms with Gasteiger partial charge in [-0.1, -0.05) is 6.07 Å². The molecule has 0 bridgehead atoms. The number of halogens is 1. The van der Waals surface area contributed by atoms with Gasteiger partial charge in [-0.2, -0.15) is 0 Å². The highest BCUT2D eigenvalue weighted by Crippen LogP contribution is 2.23. The molecule has 8 nitrogen and oxygen atoms in total. The van der Waals surface area contributed by atoms with Gasteiger partial charge in [-0.05, 0) is 28.9 Å². The maximum Gasteiger partial charge on any atom is 0.273 e. The highest BCUT2D eigenvalue weighted by Gasteiger charge is 2.21. The summed E-state index contributed by atoms with van der Waals surface area (Å²) in [5, 5.41) is 10.9. The zero-order valence-electron chi connectivity index (χ0n) is 11.2. The van der Waals surface area contributed by atoms with Crippen LogP contribution >= 0.6 is 15.9 Å². The number of sulfonamides is 1. The van der Waals surface area contributed by atoms with E-state index < -0.39 is 20.4 Å². The number of rotatable bonds is 4. The van der Waals surface area contributed by atoms with Crippen molar-refractivity contribution < 1.29 is 13.3 Å². The third kappa shape index (κ3) is 3.17. The predicted octanol–water partition coefficient (Wildman–Crippen LogP) is 2.15. The molecule has 0 amide bonds. The Hall–Kier alpha value is -2.20. The van der Waals surface area contributed by atoms with Crippen molar-refractivity contribution in [1.29, 1.82) is 0 Å². The van der Waals surface area contributed by atoms with Crippen molar-refractivity contribution in [3.8, 4) is 0 Å². The number of nitrogens with zero attached hydrogens (tertiary/aromatic N) is 1. The Bertz CT molecular complexity index is 907. The molecule has 0 spiro atoms. The van der Waals surface area contributed by atoms with Gasteiger partial charge < -0.3 is 4.98 Å². The summed E-state index contributed by atoms with van der Waals surface area (Å²) in [6.07, 6.45) is 2.55. The highest BCUT2D eigenvalue weighted by atomic mass is 79.9. The minimum atomic E-state index is -4.12. The fourth-order valence-corrected chi connectivity index (χ4v) is 3.11. The van der Waals surface area contributed by atoms with Gasteiger partial charge in [-0.3, -0.25) is 19.6 Å². The molecule has 0 fully saturated rings. The van der Waals surface area contributed by atoms with Crippen molar-refractivity contribution in [2.75, 3.05) is 4.72 Å². The van der Waals surface area contributed by atoms with Crippen LogP contribution in [0.3, 0.4) is 0 Å². The first kappa shape index (κ1) is 16.2. The first-order chi connectivity index (χ1) is 10.2. The number of anilines is 1. The van der Waals surface area contributed by atoms with Crippen LogP contribution in [-0.4, -0.2) is 18.3 Å². The monoisotopic (exact) mass is 387 g/mol. The number of H-pyrrole nitrogens is 1. The lowest BCUT2D eigenvalue weighted by Crippen LogP contribution is -2.19. The number of benzene rings is 1. The second kappa shape index (κ2) is 5.89. The van der Waals surface area contributed by atoms with Crippen LogP contribution in [0.15, 0.2) is 44.8 Å². The van der Waals surface area contributed by atoms with Crippen LogP contribution < -0.4 is 10.2 Å². The Morgan fingerprint density at radius 1 is 1.32 bits per heavy atom. The highest BCUT2D eigenvalue weighted by molar-refractivity contribution is 9.10. The van der Waals surface area contributed by atoms with E-state index in [1.807, 2.05) is 0 Å². The van der Waals surface area contributed by atoms with Gasteiger partial charge in [0.15, 0.2) is 0 Å². The Balaban J connectivity index is 2.47. The second-order valence-corrected chi connectivity index (χ2v) is 6.89. The summed E-state index contributed by atoms with van der Waals surface area (Å²) in [7, 11) is -4.12. The molecular formula is C12H10BrN3O5S. The van der Waals surface area contributed by atoms with Crippen LogP contribution in [0, 0.1) is 17.0 Å². The summed E-state index contributed by atoms with van der Waals surface area (Å²) in [5.41, 5.74) is -0.725. The van der Waals surface area contributed by atoms with E-state index in [-0.39, 0.29) is 20.7 Å². The summed E-state index contributed by atoms with van der Waals surface area (Å²) < 4.78 is 26.8. The zero-order chi connectivity index (χ0) is 16.5. The lowest BCUT2D eigenvalue weighted by molar-refractivity contribution is -0.385. The van der Waals surface area contributed by atoms with Crippen LogP contribution in [0.5, 0.6) is 0 Å². The van der Waals surface area contributed by atoms with Crippen molar-refractivity contribution in [1.82, 2.24) is 4.98 Å². The Morgan fingerprint density at radius 2 is 2.00 bits per heavy atom. The smallest absolute Gasteiger partial charge is 0.273 e. The van der Waals surface area contributed by atoms with Crippen LogP contribution in [0.1, 0.15) is 5.56 Å². The number of hydrogen-bond donors (Lipinski definition) is 2. The molecule has 2 rings (SSSR count). The Kier molecular flexibility index (Phi) is 4.33. The number of hydrogen-bond acceptors (Lipinski definition) is 5. The quantitative estimate of drug-likeness (QED) is 0.614. The standard InChI is InChI=1S/C12H10BrN3O5S/c1-7-2-3-8(4-11(7)16(18)19)22(20,21)15-10-6-14-5-9(13)12(10)17/h2-6,15H,1H3,(H,14,17). The van der Waals surface area contributed by atoms with Gasteiger partial charge in [-0.25, -0.2) is 8.42 Å². The van der Waals surface area contributed by atoms with Crippen molar-refractivity contribution in [3.05, 3.63) is 61.0 Å². The van der Waals surface area contributed by atoms with E-state index in [0.717, 1.165) is 6.07 Å². The maximum atomic E-state index is 12.2. The van der Waals surface area contributed by atoms with E-state index in [0.29, 0.717) is 5.56 Å². The Morgan fingerprint density at radius 3 is 2.64 bits per heavy atom. The van der Waals surface area contributed by atoms with E-state index in [2.05, 4.69) is 25.6 Å². The number of aryl methyl sites for hydroxylation is 1. The number of aromatic amines is 1. The third-order valence-corrected chi connectivity index (χ3v) is 4.78. The zero-order valence-corrected chi connectivity index (χ0v) is 13.6. The third-order valence-electron chi connectivity index (χ3n) is 2.83. The molecule has 116 valence electrons. The molecule has 22 heavy (non-hydrogen) atoms. The molecule has 0 atom stereocenters. The summed E-state index contributed by atoms with van der Waals surface area (Å²) in [4.78, 5) is 24.3. The van der Waals surface area contributed by atoms with E-state index in [1.54, 1.807) is 0 Å². The molecule has 1 heterocycles. The van der Waals surface area contributed by atoms with E-state index >= 15 is 0 Å². The summed E-state index contributed by atoms with van der Waals surface area (Å²) in [6, 6.07) is 3.51. The van der Waals surface area contributed by atoms with Crippen LogP contribution in [-0.2, 0) is 10.0 Å².